The largest absolute Gasteiger partial charge is 0.396 e. The molecule has 0 aliphatic heterocycles. The average Bonchev–Trinajstić information content (AvgIpc) is 2.24. The Morgan fingerprint density at radius 2 is 1.94 bits per heavy atom. The molecule has 4 heteroatoms. The summed E-state index contributed by atoms with van der Waals surface area (Å²) in [6.45, 7) is 7.65. The first-order valence-electron chi connectivity index (χ1n) is 6.49. The van der Waals surface area contributed by atoms with Crippen molar-refractivity contribution in [2.75, 3.05) is 19.7 Å². The van der Waals surface area contributed by atoms with Crippen LogP contribution in [-0.2, 0) is 4.79 Å². The van der Waals surface area contributed by atoms with Crippen molar-refractivity contribution in [2.45, 2.75) is 46.5 Å². The number of rotatable bonds is 8. The first kappa shape index (κ1) is 16.4. The smallest absolute Gasteiger partial charge is 0.224 e. The topological polar surface area (TPSA) is 75.4 Å². The highest BCUT2D eigenvalue weighted by atomic mass is 16.2. The molecule has 1 unspecified atom stereocenters. The molecule has 4 nitrogen and oxygen atoms in total. The summed E-state index contributed by atoms with van der Waals surface area (Å²) in [6, 6.07) is 0. The highest BCUT2D eigenvalue weighted by molar-refractivity contribution is 5.78. The summed E-state index contributed by atoms with van der Waals surface area (Å²) in [7, 11) is 0. The second kappa shape index (κ2) is 8.48. The van der Waals surface area contributed by atoms with Gasteiger partial charge in [-0.1, -0.05) is 20.8 Å². The number of hydrogen-bond donors (Lipinski definition) is 3. The van der Waals surface area contributed by atoms with Crippen LogP contribution >= 0.6 is 0 Å². The Morgan fingerprint density at radius 1 is 1.29 bits per heavy atom. The standard InChI is InChI=1S/C13H28N2O2/c1-13(2,3)9-11(10-14)12(17)15-7-5-4-6-8-16/h11,16H,4-10,14H2,1-3H3,(H,15,17). The van der Waals surface area contributed by atoms with Crippen molar-refractivity contribution in [1.29, 1.82) is 0 Å². The summed E-state index contributed by atoms with van der Waals surface area (Å²) in [4.78, 5) is 11.8. The van der Waals surface area contributed by atoms with Crippen molar-refractivity contribution < 1.29 is 9.90 Å². The van der Waals surface area contributed by atoms with Gasteiger partial charge in [-0.25, -0.2) is 0 Å². The minimum Gasteiger partial charge on any atom is -0.396 e. The van der Waals surface area contributed by atoms with Crippen LogP contribution in [0.25, 0.3) is 0 Å². The third-order valence-corrected chi connectivity index (χ3v) is 2.65. The molecule has 0 aromatic heterocycles. The summed E-state index contributed by atoms with van der Waals surface area (Å²) >= 11 is 0. The maximum atomic E-state index is 11.8. The molecule has 0 aromatic rings. The second-order valence-electron chi connectivity index (χ2n) is 5.77. The Morgan fingerprint density at radius 3 is 2.41 bits per heavy atom. The quantitative estimate of drug-likeness (QED) is 0.563. The molecule has 0 aliphatic carbocycles. The SMILES string of the molecule is CC(C)(C)CC(CN)C(=O)NCCCCCO. The van der Waals surface area contributed by atoms with Gasteiger partial charge in [-0.15, -0.1) is 0 Å². The van der Waals surface area contributed by atoms with Crippen molar-refractivity contribution in [3.63, 3.8) is 0 Å². The summed E-state index contributed by atoms with van der Waals surface area (Å²) in [6.07, 6.45) is 3.48. The van der Waals surface area contributed by atoms with E-state index in [1.807, 2.05) is 0 Å². The molecule has 0 saturated carbocycles. The van der Waals surface area contributed by atoms with Crippen LogP contribution in [0.15, 0.2) is 0 Å². The lowest BCUT2D eigenvalue weighted by Crippen LogP contribution is -2.37. The number of amides is 1. The van der Waals surface area contributed by atoms with Gasteiger partial charge in [0.15, 0.2) is 0 Å². The molecule has 102 valence electrons. The summed E-state index contributed by atoms with van der Waals surface area (Å²) in [5.41, 5.74) is 5.76. The minimum absolute atomic E-state index is 0.0615. The van der Waals surface area contributed by atoms with Gasteiger partial charge in [0, 0.05) is 19.7 Å². The van der Waals surface area contributed by atoms with Gasteiger partial charge >= 0.3 is 0 Å². The zero-order valence-corrected chi connectivity index (χ0v) is 11.5. The van der Waals surface area contributed by atoms with Gasteiger partial charge in [0.2, 0.25) is 5.91 Å². The van der Waals surface area contributed by atoms with Crippen LogP contribution in [0.4, 0.5) is 0 Å². The normalized spacial score (nSPS) is 13.5. The predicted octanol–water partition coefficient (Wildman–Crippen LogP) is 1.28. The summed E-state index contributed by atoms with van der Waals surface area (Å²) < 4.78 is 0. The molecular formula is C13H28N2O2. The molecule has 0 saturated heterocycles. The van der Waals surface area contributed by atoms with Crippen LogP contribution in [0.1, 0.15) is 46.5 Å². The van der Waals surface area contributed by atoms with Crippen LogP contribution < -0.4 is 11.1 Å². The van der Waals surface area contributed by atoms with E-state index in [1.165, 1.54) is 0 Å². The first-order chi connectivity index (χ1) is 7.90. The fraction of sp³-hybridized carbons (Fsp3) is 0.923. The van der Waals surface area contributed by atoms with Crippen LogP contribution in [0.3, 0.4) is 0 Å². The Kier molecular flexibility index (Phi) is 8.17. The maximum Gasteiger partial charge on any atom is 0.224 e. The number of hydrogen-bond acceptors (Lipinski definition) is 3. The van der Waals surface area contributed by atoms with Crippen LogP contribution in [0.5, 0.6) is 0 Å². The van der Waals surface area contributed by atoms with E-state index in [2.05, 4.69) is 26.1 Å². The van der Waals surface area contributed by atoms with E-state index in [9.17, 15) is 4.79 Å². The molecule has 4 N–H and O–H groups in total. The van der Waals surface area contributed by atoms with Crippen LogP contribution in [0, 0.1) is 11.3 Å². The van der Waals surface area contributed by atoms with Gasteiger partial charge < -0.3 is 16.2 Å². The molecule has 0 heterocycles. The Labute approximate surface area is 105 Å². The summed E-state index contributed by atoms with van der Waals surface area (Å²) in [5.74, 6) is -0.0285. The molecule has 0 aromatic carbocycles. The highest BCUT2D eigenvalue weighted by Gasteiger charge is 2.23. The number of aliphatic hydroxyl groups is 1. The third kappa shape index (κ3) is 9.12. The monoisotopic (exact) mass is 244 g/mol. The number of nitrogens with two attached hydrogens (primary N) is 1. The lowest BCUT2D eigenvalue weighted by Gasteiger charge is -2.24. The third-order valence-electron chi connectivity index (χ3n) is 2.65. The zero-order chi connectivity index (χ0) is 13.3. The number of carbonyl (C=O) groups excluding carboxylic acids is 1. The minimum atomic E-state index is -0.0900. The van der Waals surface area contributed by atoms with Crippen molar-refractivity contribution in [3.05, 3.63) is 0 Å². The molecule has 1 atom stereocenters. The molecule has 0 fully saturated rings. The lowest BCUT2D eigenvalue weighted by atomic mass is 9.84. The first-order valence-corrected chi connectivity index (χ1v) is 6.49. The van der Waals surface area contributed by atoms with Crippen LogP contribution in [-0.4, -0.2) is 30.7 Å². The van der Waals surface area contributed by atoms with Gasteiger partial charge in [0.1, 0.15) is 0 Å². The molecule has 0 radical (unpaired) electrons. The fourth-order valence-electron chi connectivity index (χ4n) is 1.79. The number of aliphatic hydroxyl groups excluding tert-OH is 1. The second-order valence-corrected chi connectivity index (χ2v) is 5.77. The maximum absolute atomic E-state index is 11.8. The number of nitrogens with one attached hydrogen (secondary N) is 1. The molecule has 17 heavy (non-hydrogen) atoms. The molecular weight excluding hydrogens is 216 g/mol. The average molecular weight is 244 g/mol. The molecule has 0 rings (SSSR count). The molecule has 0 bridgehead atoms. The fourth-order valence-corrected chi connectivity index (χ4v) is 1.79. The van der Waals surface area contributed by atoms with E-state index in [4.69, 9.17) is 10.8 Å². The van der Waals surface area contributed by atoms with E-state index >= 15 is 0 Å². The van der Waals surface area contributed by atoms with Gasteiger partial charge in [0.05, 0.1) is 5.92 Å². The van der Waals surface area contributed by atoms with Gasteiger partial charge in [-0.2, -0.15) is 0 Å². The van der Waals surface area contributed by atoms with E-state index in [1.54, 1.807) is 0 Å². The lowest BCUT2D eigenvalue weighted by molar-refractivity contribution is -0.125. The van der Waals surface area contributed by atoms with Gasteiger partial charge in [-0.05, 0) is 31.1 Å². The van der Waals surface area contributed by atoms with Crippen molar-refractivity contribution in [3.8, 4) is 0 Å². The van der Waals surface area contributed by atoms with Crippen molar-refractivity contribution in [1.82, 2.24) is 5.32 Å². The van der Waals surface area contributed by atoms with Crippen molar-refractivity contribution in [2.24, 2.45) is 17.1 Å². The van der Waals surface area contributed by atoms with E-state index in [0.29, 0.717) is 13.1 Å². The van der Waals surface area contributed by atoms with E-state index < -0.39 is 0 Å². The zero-order valence-electron chi connectivity index (χ0n) is 11.5. The van der Waals surface area contributed by atoms with Crippen LogP contribution in [0.2, 0.25) is 0 Å². The van der Waals surface area contributed by atoms with E-state index in [-0.39, 0.29) is 23.8 Å². The molecule has 0 aliphatic rings. The van der Waals surface area contributed by atoms with E-state index in [0.717, 1.165) is 25.7 Å². The van der Waals surface area contributed by atoms with Gasteiger partial charge in [0.25, 0.3) is 0 Å². The molecule has 1 amide bonds. The van der Waals surface area contributed by atoms with Gasteiger partial charge in [-0.3, -0.25) is 4.79 Å². The Bertz CT molecular complexity index is 212. The number of carbonyl (C=O) groups is 1. The summed E-state index contributed by atoms with van der Waals surface area (Å²) in [5, 5.41) is 11.5. The van der Waals surface area contributed by atoms with Crippen molar-refractivity contribution >= 4 is 5.91 Å². The molecule has 0 spiro atoms. The number of unbranched alkanes of at least 4 members (excludes halogenated alkanes) is 2. The predicted molar refractivity (Wildman–Crippen MR) is 70.6 cm³/mol. The Hall–Kier alpha value is -0.610. The highest BCUT2D eigenvalue weighted by Crippen LogP contribution is 2.23. The Balaban J connectivity index is 3.85.